The molecule has 0 aliphatic rings. The number of carbonyl (C=O) groups is 1. The maximum Gasteiger partial charge on any atom is 0.257 e. The van der Waals surface area contributed by atoms with Crippen molar-refractivity contribution in [3.05, 3.63) is 23.8 Å². The zero-order valence-corrected chi connectivity index (χ0v) is 11.5. The molecule has 5 heteroatoms. The first-order valence-electron chi connectivity index (χ1n) is 6.16. The third-order valence-electron chi connectivity index (χ3n) is 2.86. The van der Waals surface area contributed by atoms with Crippen LogP contribution in [0.25, 0.3) is 0 Å². The third kappa shape index (κ3) is 3.38. The summed E-state index contributed by atoms with van der Waals surface area (Å²) in [4.78, 5) is 14.1. The van der Waals surface area contributed by atoms with Crippen LogP contribution in [0.2, 0.25) is 0 Å². The van der Waals surface area contributed by atoms with Gasteiger partial charge in [-0.15, -0.1) is 0 Å². The van der Waals surface area contributed by atoms with Gasteiger partial charge in [0, 0.05) is 13.1 Å². The van der Waals surface area contributed by atoms with Crippen LogP contribution in [0, 0.1) is 17.2 Å². The Morgan fingerprint density at radius 3 is 2.79 bits per heavy atom. The first kappa shape index (κ1) is 14.8. The molecule has 2 N–H and O–H groups in total. The van der Waals surface area contributed by atoms with E-state index in [1.807, 2.05) is 6.92 Å². The van der Waals surface area contributed by atoms with Crippen LogP contribution in [0.1, 0.15) is 24.2 Å². The first-order chi connectivity index (χ1) is 9.04. The number of hydrogen-bond acceptors (Lipinski definition) is 4. The molecule has 1 rings (SSSR count). The largest absolute Gasteiger partial charge is 0.494 e. The average Bonchev–Trinajstić information content (AvgIpc) is 2.43. The molecule has 0 heterocycles. The molecular formula is C14H19N3O2. The Hall–Kier alpha value is -2.22. The minimum absolute atomic E-state index is 0.172. The lowest BCUT2D eigenvalue weighted by Gasteiger charge is -2.23. The molecule has 0 aliphatic carbocycles. The van der Waals surface area contributed by atoms with Gasteiger partial charge in [-0.3, -0.25) is 4.79 Å². The Bertz CT molecular complexity index is 494. The van der Waals surface area contributed by atoms with Gasteiger partial charge in [-0.05, 0) is 26.0 Å². The Balaban J connectivity index is 3.05. The fourth-order valence-electron chi connectivity index (χ4n) is 1.85. The maximum absolute atomic E-state index is 12.4. The van der Waals surface area contributed by atoms with Gasteiger partial charge in [0.25, 0.3) is 5.91 Å². The molecule has 1 atom stereocenters. The van der Waals surface area contributed by atoms with Crippen molar-refractivity contribution < 1.29 is 9.53 Å². The highest BCUT2D eigenvalue weighted by molar-refractivity contribution is 5.98. The molecule has 0 bridgehead atoms. The number of anilines is 1. The van der Waals surface area contributed by atoms with Crippen molar-refractivity contribution in [2.45, 2.75) is 13.8 Å². The molecule has 0 fully saturated rings. The number of para-hydroxylation sites is 1. The van der Waals surface area contributed by atoms with Gasteiger partial charge in [0.15, 0.2) is 5.75 Å². The van der Waals surface area contributed by atoms with Gasteiger partial charge < -0.3 is 15.4 Å². The lowest BCUT2D eigenvalue weighted by molar-refractivity contribution is 0.0749. The van der Waals surface area contributed by atoms with Gasteiger partial charge in [0.05, 0.1) is 30.3 Å². The smallest absolute Gasteiger partial charge is 0.257 e. The number of ether oxygens (including phenoxy) is 1. The van der Waals surface area contributed by atoms with E-state index in [0.717, 1.165) is 0 Å². The Morgan fingerprint density at radius 2 is 2.26 bits per heavy atom. The summed E-state index contributed by atoms with van der Waals surface area (Å²) >= 11 is 0. The first-order valence-corrected chi connectivity index (χ1v) is 6.16. The van der Waals surface area contributed by atoms with Gasteiger partial charge in [-0.1, -0.05) is 6.07 Å². The van der Waals surface area contributed by atoms with E-state index in [4.69, 9.17) is 15.7 Å². The predicted molar refractivity (Wildman–Crippen MR) is 73.8 cm³/mol. The highest BCUT2D eigenvalue weighted by atomic mass is 16.5. The topological polar surface area (TPSA) is 79.4 Å². The molecular weight excluding hydrogens is 242 g/mol. The van der Waals surface area contributed by atoms with Crippen LogP contribution in [0.3, 0.4) is 0 Å². The van der Waals surface area contributed by atoms with Crippen molar-refractivity contribution >= 4 is 11.6 Å². The van der Waals surface area contributed by atoms with Crippen LogP contribution in [0.15, 0.2) is 18.2 Å². The van der Waals surface area contributed by atoms with E-state index in [1.165, 1.54) is 7.11 Å². The maximum atomic E-state index is 12.4. The minimum Gasteiger partial charge on any atom is -0.494 e. The van der Waals surface area contributed by atoms with Gasteiger partial charge in [0.2, 0.25) is 0 Å². The molecule has 1 unspecified atom stereocenters. The highest BCUT2D eigenvalue weighted by Crippen LogP contribution is 2.27. The Labute approximate surface area is 113 Å². The zero-order valence-electron chi connectivity index (χ0n) is 11.5. The lowest BCUT2D eigenvalue weighted by Crippen LogP contribution is -2.34. The molecule has 1 amide bonds. The number of nitrogens with two attached hydrogens (primary N) is 1. The second-order valence-corrected chi connectivity index (χ2v) is 4.30. The van der Waals surface area contributed by atoms with Crippen molar-refractivity contribution in [1.82, 2.24) is 4.90 Å². The van der Waals surface area contributed by atoms with Crippen LogP contribution < -0.4 is 10.5 Å². The molecule has 0 radical (unpaired) electrons. The molecule has 0 spiro atoms. The van der Waals surface area contributed by atoms with E-state index in [1.54, 1.807) is 30.0 Å². The number of rotatable bonds is 5. The van der Waals surface area contributed by atoms with Crippen LogP contribution in [0.4, 0.5) is 5.69 Å². The second kappa shape index (κ2) is 6.64. The SMILES string of the molecule is CCN(CC(C)C#N)C(=O)c1cccc(N)c1OC. The summed E-state index contributed by atoms with van der Waals surface area (Å²) in [5.74, 6) is 0.000245. The fraction of sp³-hybridized carbons (Fsp3) is 0.429. The third-order valence-corrected chi connectivity index (χ3v) is 2.86. The summed E-state index contributed by atoms with van der Waals surface area (Å²) in [5.41, 5.74) is 6.64. The number of benzene rings is 1. The molecule has 5 nitrogen and oxygen atoms in total. The number of amides is 1. The minimum atomic E-state index is -0.212. The van der Waals surface area contributed by atoms with E-state index in [-0.39, 0.29) is 11.8 Å². The summed E-state index contributed by atoms with van der Waals surface area (Å²) in [6.07, 6.45) is 0. The van der Waals surface area contributed by atoms with Gasteiger partial charge >= 0.3 is 0 Å². The molecule has 0 aromatic heterocycles. The lowest BCUT2D eigenvalue weighted by atomic mass is 10.1. The van der Waals surface area contributed by atoms with E-state index in [0.29, 0.717) is 30.1 Å². The number of carbonyl (C=O) groups excluding carboxylic acids is 1. The molecule has 1 aromatic carbocycles. The standard InChI is InChI=1S/C14H19N3O2/c1-4-17(9-10(2)8-15)14(18)11-6-5-7-12(16)13(11)19-3/h5-7,10H,4,9,16H2,1-3H3. The molecule has 1 aromatic rings. The van der Waals surface area contributed by atoms with Gasteiger partial charge in [-0.2, -0.15) is 5.26 Å². The van der Waals surface area contributed by atoms with Crippen LogP contribution >= 0.6 is 0 Å². The average molecular weight is 261 g/mol. The number of hydrogen-bond donors (Lipinski definition) is 1. The fourth-order valence-corrected chi connectivity index (χ4v) is 1.85. The van der Waals surface area contributed by atoms with E-state index < -0.39 is 0 Å². The van der Waals surface area contributed by atoms with Crippen molar-refractivity contribution in [3.8, 4) is 11.8 Å². The van der Waals surface area contributed by atoms with Crippen LogP contribution in [-0.4, -0.2) is 31.0 Å². The molecule has 0 saturated heterocycles. The van der Waals surface area contributed by atoms with Crippen LogP contribution in [0.5, 0.6) is 5.75 Å². The summed E-state index contributed by atoms with van der Waals surface area (Å²) < 4.78 is 5.19. The molecule has 19 heavy (non-hydrogen) atoms. The molecule has 102 valence electrons. The summed E-state index contributed by atoms with van der Waals surface area (Å²) in [7, 11) is 1.48. The van der Waals surface area contributed by atoms with Gasteiger partial charge in [-0.25, -0.2) is 0 Å². The highest BCUT2D eigenvalue weighted by Gasteiger charge is 2.21. The molecule has 0 aliphatic heterocycles. The van der Waals surface area contributed by atoms with Crippen LogP contribution in [-0.2, 0) is 0 Å². The number of nitrogen functional groups attached to an aromatic ring is 1. The normalized spacial score (nSPS) is 11.5. The Morgan fingerprint density at radius 1 is 1.58 bits per heavy atom. The predicted octanol–water partition coefficient (Wildman–Crippen LogP) is 1.90. The van der Waals surface area contributed by atoms with Crippen molar-refractivity contribution in [2.24, 2.45) is 5.92 Å². The monoisotopic (exact) mass is 261 g/mol. The number of nitrogens with zero attached hydrogens (tertiary/aromatic N) is 2. The summed E-state index contributed by atoms with van der Waals surface area (Å²) in [6, 6.07) is 7.20. The van der Waals surface area contributed by atoms with Crippen molar-refractivity contribution in [2.75, 3.05) is 25.9 Å². The van der Waals surface area contributed by atoms with E-state index in [9.17, 15) is 4.79 Å². The van der Waals surface area contributed by atoms with Gasteiger partial charge in [0.1, 0.15) is 0 Å². The van der Waals surface area contributed by atoms with Crippen molar-refractivity contribution in [3.63, 3.8) is 0 Å². The summed E-state index contributed by atoms with van der Waals surface area (Å²) in [5, 5.41) is 8.84. The Kier molecular flexibility index (Phi) is 5.19. The zero-order chi connectivity index (χ0) is 14.4. The van der Waals surface area contributed by atoms with E-state index >= 15 is 0 Å². The van der Waals surface area contributed by atoms with E-state index in [2.05, 4.69) is 6.07 Å². The number of nitriles is 1. The quantitative estimate of drug-likeness (QED) is 0.821. The second-order valence-electron chi connectivity index (χ2n) is 4.30. The molecule has 0 saturated carbocycles. The van der Waals surface area contributed by atoms with Crippen molar-refractivity contribution in [1.29, 1.82) is 5.26 Å². The summed E-state index contributed by atoms with van der Waals surface area (Å²) in [6.45, 7) is 4.58. The number of methoxy groups -OCH3 is 1.